The summed E-state index contributed by atoms with van der Waals surface area (Å²) in [6.07, 6.45) is 12.2. The Labute approximate surface area is 89.7 Å². The number of allylic oxidation sites excluding steroid dienone is 1. The van der Waals surface area contributed by atoms with Crippen LogP contribution in [0.1, 0.15) is 44.9 Å². The molecule has 0 radical (unpaired) electrons. The average Bonchev–Trinajstić information content (AvgIpc) is 2.93. The van der Waals surface area contributed by atoms with Crippen molar-refractivity contribution in [3.05, 3.63) is 11.1 Å². The van der Waals surface area contributed by atoms with E-state index in [1.54, 1.807) is 0 Å². The molecule has 1 rings (SSSR count). The fourth-order valence-corrected chi connectivity index (χ4v) is 1.73. The standard InChI is InChI=1S/C11H19BrO/c12-9-7-5-3-1-2-4-6-8-11-10-13-11/h7,9,11H,1-6,8,10H2. The van der Waals surface area contributed by atoms with Gasteiger partial charge in [0.05, 0.1) is 12.7 Å². The Kier molecular flexibility index (Phi) is 6.56. The molecule has 1 heterocycles. The van der Waals surface area contributed by atoms with E-state index in [9.17, 15) is 0 Å². The lowest BCUT2D eigenvalue weighted by atomic mass is 10.1. The number of unbranched alkanes of at least 4 members (excludes halogenated alkanes) is 5. The van der Waals surface area contributed by atoms with Gasteiger partial charge >= 0.3 is 0 Å². The first-order chi connectivity index (χ1) is 6.43. The molecule has 2 heteroatoms. The van der Waals surface area contributed by atoms with Gasteiger partial charge in [0.1, 0.15) is 0 Å². The molecule has 1 nitrogen and oxygen atoms in total. The van der Waals surface area contributed by atoms with E-state index >= 15 is 0 Å². The van der Waals surface area contributed by atoms with Gasteiger partial charge in [-0.1, -0.05) is 47.7 Å². The van der Waals surface area contributed by atoms with E-state index in [1.807, 2.05) is 4.99 Å². The van der Waals surface area contributed by atoms with Gasteiger partial charge in [0.25, 0.3) is 0 Å². The van der Waals surface area contributed by atoms with E-state index in [1.165, 1.54) is 44.9 Å². The molecule has 0 aromatic carbocycles. The van der Waals surface area contributed by atoms with E-state index in [2.05, 4.69) is 22.0 Å². The second kappa shape index (κ2) is 7.57. The average molecular weight is 247 g/mol. The van der Waals surface area contributed by atoms with E-state index < -0.39 is 0 Å². The Morgan fingerprint density at radius 2 is 1.85 bits per heavy atom. The second-order valence-electron chi connectivity index (χ2n) is 3.66. The van der Waals surface area contributed by atoms with Gasteiger partial charge in [0.15, 0.2) is 0 Å². The molecule has 13 heavy (non-hydrogen) atoms. The number of ether oxygens (including phenoxy) is 1. The molecule has 1 aliphatic heterocycles. The van der Waals surface area contributed by atoms with Crippen LogP contribution in [0.25, 0.3) is 0 Å². The highest BCUT2D eigenvalue weighted by molar-refractivity contribution is 9.11. The maximum atomic E-state index is 5.15. The van der Waals surface area contributed by atoms with E-state index in [-0.39, 0.29) is 0 Å². The SMILES string of the molecule is BrC=CCCCCCCCC1CO1. The molecule has 0 aromatic heterocycles. The molecule has 0 spiro atoms. The van der Waals surface area contributed by atoms with Crippen molar-refractivity contribution in [3.8, 4) is 0 Å². The number of epoxide rings is 1. The van der Waals surface area contributed by atoms with Crippen LogP contribution in [0.2, 0.25) is 0 Å². The topological polar surface area (TPSA) is 12.5 Å². The molecule has 0 saturated carbocycles. The minimum Gasteiger partial charge on any atom is -0.373 e. The monoisotopic (exact) mass is 246 g/mol. The normalized spacial score (nSPS) is 21.2. The van der Waals surface area contributed by atoms with Crippen LogP contribution in [-0.2, 0) is 4.74 Å². The molecule has 1 fully saturated rings. The van der Waals surface area contributed by atoms with Crippen LogP contribution in [0.3, 0.4) is 0 Å². The van der Waals surface area contributed by atoms with Crippen LogP contribution in [0.5, 0.6) is 0 Å². The highest BCUT2D eigenvalue weighted by Gasteiger charge is 2.20. The molecule has 0 N–H and O–H groups in total. The van der Waals surface area contributed by atoms with Crippen LogP contribution in [0, 0.1) is 0 Å². The number of hydrogen-bond acceptors (Lipinski definition) is 1. The minimum absolute atomic E-state index is 0.635. The quantitative estimate of drug-likeness (QED) is 0.466. The van der Waals surface area contributed by atoms with Crippen molar-refractivity contribution >= 4 is 15.9 Å². The third-order valence-corrected chi connectivity index (χ3v) is 2.76. The minimum atomic E-state index is 0.635. The first-order valence-electron chi connectivity index (χ1n) is 5.30. The van der Waals surface area contributed by atoms with Gasteiger partial charge in [-0.05, 0) is 24.2 Å². The first kappa shape index (κ1) is 11.3. The van der Waals surface area contributed by atoms with Crippen molar-refractivity contribution < 1.29 is 4.74 Å². The lowest BCUT2D eigenvalue weighted by Crippen LogP contribution is -1.85. The molecular formula is C11H19BrO. The first-order valence-corrected chi connectivity index (χ1v) is 6.22. The third-order valence-electron chi connectivity index (χ3n) is 2.39. The highest BCUT2D eigenvalue weighted by atomic mass is 79.9. The summed E-state index contributed by atoms with van der Waals surface area (Å²) in [6, 6.07) is 0. The Morgan fingerprint density at radius 3 is 2.54 bits per heavy atom. The fraction of sp³-hybridized carbons (Fsp3) is 0.818. The van der Waals surface area contributed by atoms with Crippen LogP contribution in [0.15, 0.2) is 11.1 Å². The zero-order valence-electron chi connectivity index (χ0n) is 8.18. The maximum absolute atomic E-state index is 5.15. The van der Waals surface area contributed by atoms with E-state index in [0.29, 0.717) is 6.10 Å². The van der Waals surface area contributed by atoms with Gasteiger partial charge < -0.3 is 4.74 Å². The van der Waals surface area contributed by atoms with Gasteiger partial charge in [0, 0.05) is 0 Å². The predicted octanol–water partition coefficient (Wildman–Crippen LogP) is 4.02. The molecule has 0 amide bonds. The Morgan fingerprint density at radius 1 is 1.15 bits per heavy atom. The summed E-state index contributed by atoms with van der Waals surface area (Å²) in [6.45, 7) is 1.02. The van der Waals surface area contributed by atoms with Crippen molar-refractivity contribution in [1.29, 1.82) is 0 Å². The molecular weight excluding hydrogens is 228 g/mol. The summed E-state index contributed by atoms with van der Waals surface area (Å²) in [4.78, 5) is 1.96. The van der Waals surface area contributed by atoms with Gasteiger partial charge in [-0.2, -0.15) is 0 Å². The van der Waals surface area contributed by atoms with Crippen molar-refractivity contribution in [1.82, 2.24) is 0 Å². The zero-order chi connectivity index (χ0) is 9.36. The van der Waals surface area contributed by atoms with Crippen LogP contribution in [0.4, 0.5) is 0 Å². The van der Waals surface area contributed by atoms with Crippen molar-refractivity contribution in [2.24, 2.45) is 0 Å². The second-order valence-corrected chi connectivity index (χ2v) is 4.19. The molecule has 1 unspecified atom stereocenters. The molecule has 0 aromatic rings. The summed E-state index contributed by atoms with van der Waals surface area (Å²) in [5.74, 6) is 0. The van der Waals surface area contributed by atoms with Crippen molar-refractivity contribution in [2.75, 3.05) is 6.61 Å². The lowest BCUT2D eigenvalue weighted by molar-refractivity contribution is 0.387. The predicted molar refractivity (Wildman–Crippen MR) is 60.1 cm³/mol. The van der Waals surface area contributed by atoms with Crippen molar-refractivity contribution in [3.63, 3.8) is 0 Å². The Balaban J connectivity index is 1.68. The highest BCUT2D eigenvalue weighted by Crippen LogP contribution is 2.17. The Hall–Kier alpha value is 0.180. The zero-order valence-corrected chi connectivity index (χ0v) is 9.76. The maximum Gasteiger partial charge on any atom is 0.0810 e. The molecule has 1 atom stereocenters. The summed E-state index contributed by atoms with van der Waals surface area (Å²) >= 11 is 3.27. The molecule has 1 saturated heterocycles. The van der Waals surface area contributed by atoms with Crippen LogP contribution < -0.4 is 0 Å². The van der Waals surface area contributed by atoms with Crippen molar-refractivity contribution in [2.45, 2.75) is 51.0 Å². The summed E-state index contributed by atoms with van der Waals surface area (Å²) in [7, 11) is 0. The summed E-state index contributed by atoms with van der Waals surface area (Å²) in [5.41, 5.74) is 0. The van der Waals surface area contributed by atoms with Gasteiger partial charge in [0.2, 0.25) is 0 Å². The Bertz CT molecular complexity index is 141. The number of hydrogen-bond donors (Lipinski definition) is 0. The van der Waals surface area contributed by atoms with Crippen LogP contribution in [-0.4, -0.2) is 12.7 Å². The van der Waals surface area contributed by atoms with Gasteiger partial charge in [-0.3, -0.25) is 0 Å². The summed E-state index contributed by atoms with van der Waals surface area (Å²) in [5, 5.41) is 0. The number of halogens is 1. The van der Waals surface area contributed by atoms with Gasteiger partial charge in [-0.15, -0.1) is 0 Å². The van der Waals surface area contributed by atoms with Crippen LogP contribution >= 0.6 is 15.9 Å². The summed E-state index contributed by atoms with van der Waals surface area (Å²) < 4.78 is 5.15. The molecule has 0 aliphatic carbocycles. The van der Waals surface area contributed by atoms with E-state index in [0.717, 1.165) is 6.61 Å². The third kappa shape index (κ3) is 7.27. The lowest BCUT2D eigenvalue weighted by Gasteiger charge is -1.98. The molecule has 1 aliphatic rings. The molecule has 0 bridgehead atoms. The van der Waals surface area contributed by atoms with E-state index in [4.69, 9.17) is 4.74 Å². The van der Waals surface area contributed by atoms with Gasteiger partial charge in [-0.25, -0.2) is 0 Å². The fourth-order valence-electron chi connectivity index (χ4n) is 1.46. The largest absolute Gasteiger partial charge is 0.373 e. The smallest absolute Gasteiger partial charge is 0.0810 e. The number of rotatable bonds is 8. The molecule has 76 valence electrons.